The van der Waals surface area contributed by atoms with Crippen LogP contribution in [0, 0.1) is 0 Å². The number of nitrogen functional groups attached to an aromatic ring is 1. The summed E-state index contributed by atoms with van der Waals surface area (Å²) in [6, 6.07) is 2.23. The smallest absolute Gasteiger partial charge is 0.503 e. The van der Waals surface area contributed by atoms with E-state index in [2.05, 4.69) is 20.7 Å². The molecule has 0 aliphatic rings. The van der Waals surface area contributed by atoms with Gasteiger partial charge in [0.2, 0.25) is 0 Å². The van der Waals surface area contributed by atoms with Gasteiger partial charge in [-0.05, 0) is 12.1 Å². The molecule has 3 N–H and O–H groups in total. The van der Waals surface area contributed by atoms with Crippen LogP contribution in [0.3, 0.4) is 0 Å². The van der Waals surface area contributed by atoms with Crippen LogP contribution in [0.2, 0.25) is 0 Å². The van der Waals surface area contributed by atoms with Gasteiger partial charge in [0, 0.05) is 4.47 Å². The number of benzene rings is 1. The molecule has 0 aliphatic heterocycles. The van der Waals surface area contributed by atoms with Gasteiger partial charge in [0.15, 0.2) is 11.5 Å². The average Bonchev–Trinajstić information content (AvgIpc) is 1.96. The summed E-state index contributed by atoms with van der Waals surface area (Å²) in [5, 5.41) is 9.11. The highest BCUT2D eigenvalue weighted by molar-refractivity contribution is 9.10. The van der Waals surface area contributed by atoms with E-state index in [1.807, 2.05) is 0 Å². The Morgan fingerprint density at radius 3 is 2.43 bits per heavy atom. The summed E-state index contributed by atoms with van der Waals surface area (Å²) < 4.78 is 39.2. The lowest BCUT2D eigenvalue weighted by Crippen LogP contribution is -2.17. The van der Waals surface area contributed by atoms with Crippen LogP contribution in [-0.2, 0) is 0 Å². The van der Waals surface area contributed by atoms with Crippen molar-refractivity contribution in [3.05, 3.63) is 16.6 Å². The maximum absolute atomic E-state index is 11.8. The van der Waals surface area contributed by atoms with Gasteiger partial charge in [0.05, 0.1) is 5.69 Å². The van der Waals surface area contributed by atoms with Gasteiger partial charge in [0.1, 0.15) is 0 Å². The Bertz CT molecular complexity index is 354. The average molecular weight is 272 g/mol. The lowest BCUT2D eigenvalue weighted by atomic mass is 10.3. The molecule has 3 nitrogen and oxygen atoms in total. The van der Waals surface area contributed by atoms with Crippen LogP contribution in [0.1, 0.15) is 0 Å². The molecular formula is C7H5BrF3NO2. The molecule has 14 heavy (non-hydrogen) atoms. The summed E-state index contributed by atoms with van der Waals surface area (Å²) in [5.41, 5.74) is 5.02. The van der Waals surface area contributed by atoms with Crippen molar-refractivity contribution in [3.63, 3.8) is 0 Å². The van der Waals surface area contributed by atoms with Crippen LogP contribution in [0.15, 0.2) is 16.6 Å². The fourth-order valence-electron chi connectivity index (χ4n) is 0.797. The second kappa shape index (κ2) is 3.56. The standard InChI is InChI=1S/C7H5BrF3NO2/c8-3-1-4(12)6(13)5(2-3)14-7(9,10)11/h1-2,13H,12H2. The molecule has 0 heterocycles. The molecule has 0 saturated heterocycles. The van der Waals surface area contributed by atoms with E-state index in [9.17, 15) is 13.2 Å². The monoisotopic (exact) mass is 271 g/mol. The number of alkyl halides is 3. The van der Waals surface area contributed by atoms with E-state index in [1.54, 1.807) is 0 Å². The van der Waals surface area contributed by atoms with E-state index >= 15 is 0 Å². The molecule has 0 aromatic heterocycles. The van der Waals surface area contributed by atoms with Gasteiger partial charge in [-0.3, -0.25) is 0 Å². The predicted octanol–water partition coefficient (Wildman–Crippen LogP) is 2.64. The Kier molecular flexibility index (Phi) is 2.79. The summed E-state index contributed by atoms with van der Waals surface area (Å²) in [5.74, 6) is -1.46. The minimum Gasteiger partial charge on any atom is -0.503 e. The van der Waals surface area contributed by atoms with Crippen molar-refractivity contribution in [1.82, 2.24) is 0 Å². The van der Waals surface area contributed by atoms with E-state index in [1.165, 1.54) is 6.07 Å². The maximum Gasteiger partial charge on any atom is 0.573 e. The molecule has 1 aromatic carbocycles. The molecule has 0 amide bonds. The Morgan fingerprint density at radius 2 is 1.93 bits per heavy atom. The minimum atomic E-state index is -4.86. The Labute approximate surface area is 85.4 Å². The third kappa shape index (κ3) is 2.69. The first-order chi connectivity index (χ1) is 6.29. The first-order valence-corrected chi connectivity index (χ1v) is 4.12. The van der Waals surface area contributed by atoms with Gasteiger partial charge in [0.25, 0.3) is 0 Å². The lowest BCUT2D eigenvalue weighted by Gasteiger charge is -2.11. The zero-order chi connectivity index (χ0) is 10.9. The molecule has 0 bridgehead atoms. The molecule has 0 fully saturated rings. The quantitative estimate of drug-likeness (QED) is 0.610. The van der Waals surface area contributed by atoms with Crippen molar-refractivity contribution in [2.75, 3.05) is 5.73 Å². The number of rotatable bonds is 1. The number of ether oxygens (including phenoxy) is 1. The van der Waals surface area contributed by atoms with Gasteiger partial charge >= 0.3 is 6.36 Å². The van der Waals surface area contributed by atoms with Crippen LogP contribution in [0.4, 0.5) is 18.9 Å². The first-order valence-electron chi connectivity index (χ1n) is 3.33. The third-order valence-corrected chi connectivity index (χ3v) is 1.75. The van der Waals surface area contributed by atoms with Crippen molar-refractivity contribution < 1.29 is 23.0 Å². The second-order valence-electron chi connectivity index (χ2n) is 2.39. The largest absolute Gasteiger partial charge is 0.573 e. The number of aromatic hydroxyl groups is 1. The SMILES string of the molecule is Nc1cc(Br)cc(OC(F)(F)F)c1O. The van der Waals surface area contributed by atoms with E-state index in [-0.39, 0.29) is 10.2 Å². The molecule has 1 rings (SSSR count). The molecule has 1 aromatic rings. The molecule has 0 unspecified atom stereocenters. The van der Waals surface area contributed by atoms with Crippen molar-refractivity contribution in [2.24, 2.45) is 0 Å². The van der Waals surface area contributed by atoms with Gasteiger partial charge in [-0.15, -0.1) is 13.2 Å². The van der Waals surface area contributed by atoms with Gasteiger partial charge in [-0.25, -0.2) is 0 Å². The number of phenolic OH excluding ortho intramolecular Hbond substituents is 1. The van der Waals surface area contributed by atoms with Crippen molar-refractivity contribution in [3.8, 4) is 11.5 Å². The fraction of sp³-hybridized carbons (Fsp3) is 0.143. The first kappa shape index (κ1) is 11.0. The number of halogens is 4. The summed E-state index contributed by atoms with van der Waals surface area (Å²) in [6.07, 6.45) is -4.86. The summed E-state index contributed by atoms with van der Waals surface area (Å²) >= 11 is 2.92. The molecule has 78 valence electrons. The van der Waals surface area contributed by atoms with Crippen molar-refractivity contribution >= 4 is 21.6 Å². The number of phenols is 1. The Morgan fingerprint density at radius 1 is 1.36 bits per heavy atom. The minimum absolute atomic E-state index is 0.196. The summed E-state index contributed by atoms with van der Waals surface area (Å²) in [7, 11) is 0. The highest BCUT2D eigenvalue weighted by atomic mass is 79.9. The Balaban J connectivity index is 3.09. The fourth-order valence-corrected chi connectivity index (χ4v) is 1.25. The van der Waals surface area contributed by atoms with Crippen molar-refractivity contribution in [2.45, 2.75) is 6.36 Å². The van der Waals surface area contributed by atoms with E-state index in [4.69, 9.17) is 10.8 Å². The summed E-state index contributed by atoms with van der Waals surface area (Å²) in [4.78, 5) is 0. The third-order valence-electron chi connectivity index (χ3n) is 1.29. The number of anilines is 1. The normalized spacial score (nSPS) is 11.4. The van der Waals surface area contributed by atoms with Crippen LogP contribution >= 0.6 is 15.9 Å². The highest BCUT2D eigenvalue weighted by Crippen LogP contribution is 2.38. The zero-order valence-electron chi connectivity index (χ0n) is 6.60. The number of hydrogen-bond donors (Lipinski definition) is 2. The van der Waals surface area contributed by atoms with Gasteiger partial charge in [-0.1, -0.05) is 15.9 Å². The molecule has 0 aliphatic carbocycles. The van der Waals surface area contributed by atoms with Crippen LogP contribution < -0.4 is 10.5 Å². The van der Waals surface area contributed by atoms with Gasteiger partial charge < -0.3 is 15.6 Å². The van der Waals surface area contributed by atoms with E-state index < -0.39 is 17.9 Å². The molecule has 0 saturated carbocycles. The lowest BCUT2D eigenvalue weighted by molar-refractivity contribution is -0.275. The second-order valence-corrected chi connectivity index (χ2v) is 3.31. The van der Waals surface area contributed by atoms with Crippen LogP contribution in [0.5, 0.6) is 11.5 Å². The topological polar surface area (TPSA) is 55.5 Å². The zero-order valence-corrected chi connectivity index (χ0v) is 8.19. The predicted molar refractivity (Wildman–Crippen MR) is 46.9 cm³/mol. The molecule has 7 heteroatoms. The van der Waals surface area contributed by atoms with Crippen molar-refractivity contribution in [1.29, 1.82) is 0 Å². The molecular weight excluding hydrogens is 267 g/mol. The maximum atomic E-state index is 11.8. The molecule has 0 atom stereocenters. The highest BCUT2D eigenvalue weighted by Gasteiger charge is 2.32. The van der Waals surface area contributed by atoms with E-state index in [0.29, 0.717) is 0 Å². The van der Waals surface area contributed by atoms with E-state index in [0.717, 1.165) is 6.07 Å². The molecule has 0 radical (unpaired) electrons. The number of nitrogens with two attached hydrogens (primary N) is 1. The summed E-state index contributed by atoms with van der Waals surface area (Å²) in [6.45, 7) is 0. The van der Waals surface area contributed by atoms with Crippen LogP contribution in [-0.4, -0.2) is 11.5 Å². The molecule has 0 spiro atoms. The van der Waals surface area contributed by atoms with Crippen LogP contribution in [0.25, 0.3) is 0 Å². The Hall–Kier alpha value is -1.11. The number of hydrogen-bond acceptors (Lipinski definition) is 3. The van der Waals surface area contributed by atoms with Gasteiger partial charge in [-0.2, -0.15) is 0 Å².